The van der Waals surface area contributed by atoms with Crippen molar-refractivity contribution in [2.24, 2.45) is 0 Å². The minimum atomic E-state index is 0.105. The van der Waals surface area contributed by atoms with Gasteiger partial charge >= 0.3 is 0 Å². The number of benzene rings is 1. The Kier molecular flexibility index (Phi) is 2.27. The Morgan fingerprint density at radius 2 is 2.38 bits per heavy atom. The van der Waals surface area contributed by atoms with Gasteiger partial charge in [-0.3, -0.25) is 4.79 Å². The van der Waals surface area contributed by atoms with E-state index >= 15 is 0 Å². The van der Waals surface area contributed by atoms with Gasteiger partial charge in [0.1, 0.15) is 0 Å². The number of carbonyl (C=O) groups is 1. The highest BCUT2D eigenvalue weighted by Gasteiger charge is 2.16. The van der Waals surface area contributed by atoms with Crippen molar-refractivity contribution in [3.63, 3.8) is 0 Å². The molecule has 13 heavy (non-hydrogen) atoms. The van der Waals surface area contributed by atoms with Gasteiger partial charge in [0, 0.05) is 10.6 Å². The summed E-state index contributed by atoms with van der Waals surface area (Å²) in [5.41, 5.74) is 2.11. The lowest BCUT2D eigenvalue weighted by Gasteiger charge is -2.01. The first kappa shape index (κ1) is 8.63. The van der Waals surface area contributed by atoms with Crippen LogP contribution >= 0.6 is 11.8 Å². The van der Waals surface area contributed by atoms with Gasteiger partial charge in [0.25, 0.3) is 0 Å². The molecule has 1 aromatic carbocycles. The lowest BCUT2D eigenvalue weighted by atomic mass is 10.2. The number of amides is 1. The highest BCUT2D eigenvalue weighted by molar-refractivity contribution is 7.99. The van der Waals surface area contributed by atoms with E-state index < -0.39 is 0 Å². The molecular formula is C10H11NOS. The van der Waals surface area contributed by atoms with Crippen molar-refractivity contribution in [1.82, 2.24) is 0 Å². The molecule has 0 fully saturated rings. The molecule has 2 rings (SSSR count). The molecule has 0 saturated heterocycles. The van der Waals surface area contributed by atoms with Crippen LogP contribution in [-0.2, 0) is 11.2 Å². The van der Waals surface area contributed by atoms with Crippen LogP contribution in [0.3, 0.4) is 0 Å². The number of carbonyl (C=O) groups excluding carboxylic acids is 1. The van der Waals surface area contributed by atoms with Crippen LogP contribution in [0.25, 0.3) is 0 Å². The monoisotopic (exact) mass is 193 g/mol. The van der Waals surface area contributed by atoms with E-state index in [1.54, 1.807) is 11.8 Å². The maximum Gasteiger partial charge on any atom is 0.228 e. The van der Waals surface area contributed by atoms with E-state index in [0.29, 0.717) is 6.42 Å². The first-order chi connectivity index (χ1) is 6.29. The SMILES string of the molecule is CCSc1ccc2c(c1)NC(=O)C2. The maximum absolute atomic E-state index is 11.1. The second-order valence-electron chi connectivity index (χ2n) is 2.98. The third kappa shape index (κ3) is 1.70. The second kappa shape index (κ2) is 3.42. The number of fused-ring (bicyclic) bond motifs is 1. The third-order valence-corrected chi connectivity index (χ3v) is 2.89. The van der Waals surface area contributed by atoms with Crippen molar-refractivity contribution >= 4 is 23.4 Å². The number of nitrogens with one attached hydrogen (secondary N) is 1. The number of hydrogen-bond acceptors (Lipinski definition) is 2. The fraction of sp³-hybridized carbons (Fsp3) is 0.300. The number of thioether (sulfide) groups is 1. The van der Waals surface area contributed by atoms with Crippen molar-refractivity contribution in [2.75, 3.05) is 11.1 Å². The lowest BCUT2D eigenvalue weighted by Crippen LogP contribution is -2.03. The van der Waals surface area contributed by atoms with Crippen LogP contribution in [0.5, 0.6) is 0 Å². The van der Waals surface area contributed by atoms with E-state index in [9.17, 15) is 4.79 Å². The smallest absolute Gasteiger partial charge is 0.228 e. The fourth-order valence-electron chi connectivity index (χ4n) is 1.45. The Bertz CT molecular complexity index is 349. The fourth-order valence-corrected chi connectivity index (χ4v) is 2.15. The van der Waals surface area contributed by atoms with Gasteiger partial charge in [0.15, 0.2) is 0 Å². The molecule has 0 saturated carbocycles. The van der Waals surface area contributed by atoms with Crippen LogP contribution in [0.15, 0.2) is 23.1 Å². The molecule has 0 radical (unpaired) electrons. The average molecular weight is 193 g/mol. The van der Waals surface area contributed by atoms with Crippen LogP contribution in [0, 0.1) is 0 Å². The summed E-state index contributed by atoms with van der Waals surface area (Å²) < 4.78 is 0. The molecule has 1 heterocycles. The van der Waals surface area contributed by atoms with Gasteiger partial charge in [-0.05, 0) is 23.4 Å². The molecule has 1 aromatic rings. The average Bonchev–Trinajstić information content (AvgIpc) is 2.44. The van der Waals surface area contributed by atoms with Gasteiger partial charge in [-0.2, -0.15) is 0 Å². The van der Waals surface area contributed by atoms with Gasteiger partial charge in [-0.1, -0.05) is 13.0 Å². The molecule has 2 nitrogen and oxygen atoms in total. The van der Waals surface area contributed by atoms with Gasteiger partial charge in [0.05, 0.1) is 6.42 Å². The Morgan fingerprint density at radius 1 is 1.54 bits per heavy atom. The van der Waals surface area contributed by atoms with Crippen LogP contribution in [0.1, 0.15) is 12.5 Å². The Hall–Kier alpha value is -0.960. The van der Waals surface area contributed by atoms with Gasteiger partial charge in [0.2, 0.25) is 5.91 Å². The topological polar surface area (TPSA) is 29.1 Å². The van der Waals surface area contributed by atoms with E-state index in [4.69, 9.17) is 0 Å². The quantitative estimate of drug-likeness (QED) is 0.730. The van der Waals surface area contributed by atoms with Crippen molar-refractivity contribution in [3.8, 4) is 0 Å². The summed E-state index contributed by atoms with van der Waals surface area (Å²) in [5.74, 6) is 1.17. The van der Waals surface area contributed by atoms with E-state index in [0.717, 1.165) is 17.0 Å². The second-order valence-corrected chi connectivity index (χ2v) is 4.31. The summed E-state index contributed by atoms with van der Waals surface area (Å²) in [6.45, 7) is 2.12. The molecule has 0 bridgehead atoms. The number of anilines is 1. The third-order valence-electron chi connectivity index (χ3n) is 2.02. The summed E-state index contributed by atoms with van der Waals surface area (Å²) in [5, 5.41) is 2.84. The molecule has 0 atom stereocenters. The summed E-state index contributed by atoms with van der Waals surface area (Å²) in [6, 6.07) is 6.16. The standard InChI is InChI=1S/C10H11NOS/c1-2-13-8-4-3-7-5-10(12)11-9(7)6-8/h3-4,6H,2,5H2,1H3,(H,11,12). The van der Waals surface area contributed by atoms with Crippen LogP contribution < -0.4 is 5.32 Å². The van der Waals surface area contributed by atoms with Crippen LogP contribution in [0.4, 0.5) is 5.69 Å². The summed E-state index contributed by atoms with van der Waals surface area (Å²) >= 11 is 1.79. The first-order valence-corrected chi connectivity index (χ1v) is 5.33. The normalized spacial score (nSPS) is 14.1. The Morgan fingerprint density at radius 3 is 3.15 bits per heavy atom. The molecule has 68 valence electrons. The molecule has 3 heteroatoms. The summed E-state index contributed by atoms with van der Waals surface area (Å²) in [6.07, 6.45) is 0.534. The molecule has 1 aliphatic rings. The summed E-state index contributed by atoms with van der Waals surface area (Å²) in [4.78, 5) is 12.3. The molecule has 0 aliphatic carbocycles. The Balaban J connectivity index is 2.29. The maximum atomic E-state index is 11.1. The number of rotatable bonds is 2. The molecule has 1 aliphatic heterocycles. The molecule has 1 amide bonds. The minimum Gasteiger partial charge on any atom is -0.325 e. The van der Waals surface area contributed by atoms with E-state index in [-0.39, 0.29) is 5.91 Å². The largest absolute Gasteiger partial charge is 0.325 e. The van der Waals surface area contributed by atoms with Crippen molar-refractivity contribution in [2.45, 2.75) is 18.2 Å². The van der Waals surface area contributed by atoms with Crippen molar-refractivity contribution in [1.29, 1.82) is 0 Å². The minimum absolute atomic E-state index is 0.105. The lowest BCUT2D eigenvalue weighted by molar-refractivity contribution is -0.115. The van der Waals surface area contributed by atoms with Crippen molar-refractivity contribution < 1.29 is 4.79 Å². The zero-order chi connectivity index (χ0) is 9.26. The van der Waals surface area contributed by atoms with Crippen LogP contribution in [-0.4, -0.2) is 11.7 Å². The van der Waals surface area contributed by atoms with Gasteiger partial charge in [-0.25, -0.2) is 0 Å². The zero-order valence-corrected chi connectivity index (χ0v) is 8.28. The first-order valence-electron chi connectivity index (χ1n) is 4.35. The molecular weight excluding hydrogens is 182 g/mol. The molecule has 1 N–H and O–H groups in total. The number of hydrogen-bond donors (Lipinski definition) is 1. The molecule has 0 spiro atoms. The summed E-state index contributed by atoms with van der Waals surface area (Å²) in [7, 11) is 0. The van der Waals surface area contributed by atoms with Gasteiger partial charge < -0.3 is 5.32 Å². The van der Waals surface area contributed by atoms with E-state index in [1.165, 1.54) is 4.90 Å². The predicted molar refractivity (Wildman–Crippen MR) is 55.2 cm³/mol. The van der Waals surface area contributed by atoms with E-state index in [2.05, 4.69) is 24.4 Å². The van der Waals surface area contributed by atoms with Crippen LogP contribution in [0.2, 0.25) is 0 Å². The highest BCUT2D eigenvalue weighted by atomic mass is 32.2. The zero-order valence-electron chi connectivity index (χ0n) is 7.46. The highest BCUT2D eigenvalue weighted by Crippen LogP contribution is 2.28. The Labute approximate surface area is 81.7 Å². The molecule has 0 aromatic heterocycles. The molecule has 0 unspecified atom stereocenters. The van der Waals surface area contributed by atoms with E-state index in [1.807, 2.05) is 6.07 Å². The predicted octanol–water partition coefficient (Wildman–Crippen LogP) is 2.29. The van der Waals surface area contributed by atoms with Crippen molar-refractivity contribution in [3.05, 3.63) is 23.8 Å². The van der Waals surface area contributed by atoms with Gasteiger partial charge in [-0.15, -0.1) is 11.8 Å².